The Bertz CT molecular complexity index is 634. The summed E-state index contributed by atoms with van der Waals surface area (Å²) in [5, 5.41) is 10.3. The van der Waals surface area contributed by atoms with Gasteiger partial charge in [0.05, 0.1) is 0 Å². The van der Waals surface area contributed by atoms with Crippen molar-refractivity contribution in [3.05, 3.63) is 0 Å². The van der Waals surface area contributed by atoms with Gasteiger partial charge in [-0.1, -0.05) is 13.8 Å². The average molecular weight is 415 g/mol. The van der Waals surface area contributed by atoms with Crippen LogP contribution in [0.15, 0.2) is 0 Å². The molecule has 4 fully saturated rings. The van der Waals surface area contributed by atoms with Crippen LogP contribution in [0.2, 0.25) is 0 Å². The minimum absolute atomic E-state index is 0.0155. The number of carbonyl (C=O) groups excluding carboxylic acids is 1. The summed E-state index contributed by atoms with van der Waals surface area (Å²) in [6.07, 6.45) is 6.21. The first-order valence-electron chi connectivity index (χ1n) is 11.8. The van der Waals surface area contributed by atoms with E-state index in [4.69, 9.17) is 0 Å². The van der Waals surface area contributed by atoms with Gasteiger partial charge in [0.2, 0.25) is 0 Å². The minimum atomic E-state index is -4.52. The molecule has 166 valence electrons. The number of aldehydes is 1. The van der Waals surface area contributed by atoms with Crippen LogP contribution < -0.4 is 0 Å². The molecule has 0 aliphatic heterocycles. The van der Waals surface area contributed by atoms with Gasteiger partial charge in [-0.05, 0) is 111 Å². The highest BCUT2D eigenvalue weighted by Crippen LogP contribution is 2.69. The van der Waals surface area contributed by atoms with E-state index in [0.29, 0.717) is 41.9 Å². The van der Waals surface area contributed by atoms with Crippen LogP contribution in [0.1, 0.15) is 90.9 Å². The second kappa shape index (κ2) is 7.24. The lowest BCUT2D eigenvalue weighted by molar-refractivity contribution is -0.290. The van der Waals surface area contributed by atoms with Gasteiger partial charge in [-0.25, -0.2) is 0 Å². The molecule has 0 aromatic carbocycles. The molecule has 0 unspecified atom stereocenters. The molecule has 2 nitrogen and oxygen atoms in total. The molecule has 8 atom stereocenters. The molecule has 0 amide bonds. The minimum Gasteiger partial charge on any atom is -0.380 e. The van der Waals surface area contributed by atoms with Gasteiger partial charge in [0, 0.05) is 6.42 Å². The summed E-state index contributed by atoms with van der Waals surface area (Å²) >= 11 is 0. The third kappa shape index (κ3) is 3.29. The van der Waals surface area contributed by atoms with Crippen LogP contribution in [0, 0.1) is 40.4 Å². The topological polar surface area (TPSA) is 37.3 Å². The SMILES string of the molecule is C[C@]12CC[C@@](O)(C(F)(F)F)C[C@@H]1CC[C@@H]1[C@@H]2CC[C@]2(C)[C@@H](CCCC=O)CC[C@@H]12. The molecule has 0 spiro atoms. The Morgan fingerprint density at radius 2 is 1.69 bits per heavy atom. The standard InChI is InChI=1S/C24H37F3O2/c1-21-11-10-20-18(19(21)9-7-16(21)5-3-4-14-28)8-6-17-15-23(29,24(25,26)27)13-12-22(17,20)2/h14,16-20,29H,3-13,15H2,1-2H3/t16-,17-,18-,19-,20-,21+,22-,23-/m0/s1. The number of unbranched alkanes of at least 4 members (excludes halogenated alkanes) is 1. The van der Waals surface area contributed by atoms with Gasteiger partial charge in [0.1, 0.15) is 6.29 Å². The Morgan fingerprint density at radius 3 is 2.38 bits per heavy atom. The Balaban J connectivity index is 1.51. The summed E-state index contributed by atoms with van der Waals surface area (Å²) in [4.78, 5) is 10.7. The lowest BCUT2D eigenvalue weighted by Crippen LogP contribution is -2.59. The third-order valence-electron chi connectivity index (χ3n) is 10.3. The lowest BCUT2D eigenvalue weighted by atomic mass is 9.43. The highest BCUT2D eigenvalue weighted by atomic mass is 19.4. The third-order valence-corrected chi connectivity index (χ3v) is 10.3. The van der Waals surface area contributed by atoms with Crippen molar-refractivity contribution in [2.75, 3.05) is 0 Å². The zero-order valence-corrected chi connectivity index (χ0v) is 17.9. The highest BCUT2D eigenvalue weighted by Gasteiger charge is 2.64. The van der Waals surface area contributed by atoms with Crippen LogP contribution in [0.5, 0.6) is 0 Å². The number of carbonyl (C=O) groups is 1. The molecule has 1 N–H and O–H groups in total. The Hall–Kier alpha value is -0.580. The molecule has 0 radical (unpaired) electrons. The van der Waals surface area contributed by atoms with Gasteiger partial charge in [0.15, 0.2) is 5.60 Å². The van der Waals surface area contributed by atoms with E-state index in [9.17, 15) is 23.1 Å². The molecule has 0 aromatic rings. The van der Waals surface area contributed by atoms with Crippen LogP contribution in [-0.2, 0) is 4.79 Å². The Morgan fingerprint density at radius 1 is 0.966 bits per heavy atom. The quantitative estimate of drug-likeness (QED) is 0.432. The van der Waals surface area contributed by atoms with Gasteiger partial charge in [-0.15, -0.1) is 0 Å². The van der Waals surface area contributed by atoms with Crippen molar-refractivity contribution < 1.29 is 23.1 Å². The predicted molar refractivity (Wildman–Crippen MR) is 106 cm³/mol. The van der Waals surface area contributed by atoms with Crippen molar-refractivity contribution in [1.29, 1.82) is 0 Å². The lowest BCUT2D eigenvalue weighted by Gasteiger charge is -2.62. The predicted octanol–water partition coefficient (Wildman–Crippen LogP) is 6.31. The first kappa shape index (κ1) is 21.6. The fourth-order valence-corrected chi connectivity index (χ4v) is 8.53. The normalized spacial score (nSPS) is 49.8. The summed E-state index contributed by atoms with van der Waals surface area (Å²) in [6, 6.07) is 0. The summed E-state index contributed by atoms with van der Waals surface area (Å²) < 4.78 is 40.4. The fraction of sp³-hybridized carbons (Fsp3) is 0.958. The van der Waals surface area contributed by atoms with Crippen LogP contribution >= 0.6 is 0 Å². The maximum Gasteiger partial charge on any atom is 0.417 e. The first-order chi connectivity index (χ1) is 13.6. The van der Waals surface area contributed by atoms with Crippen molar-refractivity contribution in [2.24, 2.45) is 40.4 Å². The number of aliphatic hydroxyl groups is 1. The zero-order valence-electron chi connectivity index (χ0n) is 17.9. The van der Waals surface area contributed by atoms with Gasteiger partial charge >= 0.3 is 6.18 Å². The van der Waals surface area contributed by atoms with Gasteiger partial charge in [0.25, 0.3) is 0 Å². The van der Waals surface area contributed by atoms with Crippen molar-refractivity contribution in [1.82, 2.24) is 0 Å². The Kier molecular flexibility index (Phi) is 5.40. The number of hydrogen-bond donors (Lipinski definition) is 1. The number of rotatable bonds is 4. The van der Waals surface area contributed by atoms with Crippen LogP contribution in [-0.4, -0.2) is 23.2 Å². The van der Waals surface area contributed by atoms with E-state index in [1.807, 2.05) is 0 Å². The van der Waals surface area contributed by atoms with Crippen molar-refractivity contribution in [2.45, 2.75) is 103 Å². The van der Waals surface area contributed by atoms with Gasteiger partial charge in [-0.2, -0.15) is 13.2 Å². The zero-order chi connectivity index (χ0) is 21.1. The summed E-state index contributed by atoms with van der Waals surface area (Å²) in [5.41, 5.74) is -2.20. The van der Waals surface area contributed by atoms with E-state index in [1.54, 1.807) is 0 Å². The molecule has 4 saturated carbocycles. The molecular weight excluding hydrogens is 377 g/mol. The molecule has 4 rings (SSSR count). The number of hydrogen-bond acceptors (Lipinski definition) is 2. The van der Waals surface area contributed by atoms with Crippen LogP contribution in [0.4, 0.5) is 13.2 Å². The maximum atomic E-state index is 13.5. The van der Waals surface area contributed by atoms with Crippen LogP contribution in [0.25, 0.3) is 0 Å². The van der Waals surface area contributed by atoms with E-state index in [2.05, 4.69) is 13.8 Å². The summed E-state index contributed by atoms with van der Waals surface area (Å²) in [5.74, 6) is 2.50. The molecule has 0 heterocycles. The molecule has 4 aliphatic carbocycles. The smallest absolute Gasteiger partial charge is 0.380 e. The maximum absolute atomic E-state index is 13.5. The van der Waals surface area contributed by atoms with E-state index >= 15 is 0 Å². The average Bonchev–Trinajstić information content (AvgIpc) is 2.98. The second-order valence-electron chi connectivity index (χ2n) is 11.3. The number of fused-ring (bicyclic) bond motifs is 5. The van der Waals surface area contributed by atoms with Crippen molar-refractivity contribution in [3.63, 3.8) is 0 Å². The van der Waals surface area contributed by atoms with E-state index in [1.165, 1.54) is 19.3 Å². The Labute approximate surface area is 173 Å². The molecule has 0 saturated heterocycles. The van der Waals surface area contributed by atoms with E-state index < -0.39 is 11.8 Å². The summed E-state index contributed by atoms with van der Waals surface area (Å²) in [6.45, 7) is 4.70. The highest BCUT2D eigenvalue weighted by molar-refractivity contribution is 5.48. The monoisotopic (exact) mass is 414 g/mol. The molecular formula is C24H37F3O2. The van der Waals surface area contributed by atoms with E-state index in [-0.39, 0.29) is 24.2 Å². The van der Waals surface area contributed by atoms with Gasteiger partial charge < -0.3 is 9.90 Å². The fourth-order valence-electron chi connectivity index (χ4n) is 8.53. The summed E-state index contributed by atoms with van der Waals surface area (Å²) in [7, 11) is 0. The second-order valence-corrected chi connectivity index (χ2v) is 11.3. The molecule has 0 aromatic heterocycles. The molecule has 0 bridgehead atoms. The number of alkyl halides is 3. The molecule has 4 aliphatic rings. The molecule has 29 heavy (non-hydrogen) atoms. The van der Waals surface area contributed by atoms with Gasteiger partial charge in [-0.3, -0.25) is 0 Å². The van der Waals surface area contributed by atoms with Crippen LogP contribution in [0.3, 0.4) is 0 Å². The van der Waals surface area contributed by atoms with E-state index in [0.717, 1.165) is 38.4 Å². The largest absolute Gasteiger partial charge is 0.417 e. The number of halogens is 3. The first-order valence-corrected chi connectivity index (χ1v) is 11.8. The molecule has 5 heteroatoms. The van der Waals surface area contributed by atoms with Crippen molar-refractivity contribution >= 4 is 6.29 Å². The van der Waals surface area contributed by atoms with Crippen molar-refractivity contribution in [3.8, 4) is 0 Å².